The van der Waals surface area contributed by atoms with Gasteiger partial charge in [-0.15, -0.1) is 0 Å². The Hall–Kier alpha value is -2.39. The maximum absolute atomic E-state index is 13.5. The first-order valence-electron chi connectivity index (χ1n) is 10.1. The molecule has 0 bridgehead atoms. The van der Waals surface area contributed by atoms with Crippen molar-refractivity contribution in [2.75, 3.05) is 33.5 Å². The minimum absolute atomic E-state index is 0.158. The van der Waals surface area contributed by atoms with Crippen LogP contribution < -0.4 is 10.1 Å². The summed E-state index contributed by atoms with van der Waals surface area (Å²) in [5.41, 5.74) is -0.386. The monoisotopic (exact) mass is 495 g/mol. The van der Waals surface area contributed by atoms with Crippen LogP contribution in [0.25, 0.3) is 5.76 Å². The normalized spacial score (nSPS) is 17.5. The molecule has 1 heterocycles. The van der Waals surface area contributed by atoms with E-state index in [2.05, 4.69) is 21.2 Å². The van der Waals surface area contributed by atoms with Crippen LogP contribution in [0, 0.1) is 5.92 Å². The minimum atomic E-state index is -1.00. The quantitative estimate of drug-likeness (QED) is 0.460. The van der Waals surface area contributed by atoms with Gasteiger partial charge < -0.3 is 24.6 Å². The Morgan fingerprint density at radius 2 is 1.97 bits per heavy atom. The topological polar surface area (TPSA) is 111 Å². The number of ketones is 1. The lowest BCUT2D eigenvalue weighted by Gasteiger charge is -2.40. The van der Waals surface area contributed by atoms with E-state index in [1.165, 1.54) is 7.11 Å². The Morgan fingerprint density at radius 1 is 1.29 bits per heavy atom. The molecule has 1 aliphatic heterocycles. The van der Waals surface area contributed by atoms with Crippen molar-refractivity contribution in [2.24, 2.45) is 5.92 Å². The highest BCUT2D eigenvalue weighted by molar-refractivity contribution is 9.10. The summed E-state index contributed by atoms with van der Waals surface area (Å²) in [5, 5.41) is 13.3. The van der Waals surface area contributed by atoms with Crippen molar-refractivity contribution in [2.45, 2.75) is 32.1 Å². The minimum Gasteiger partial charge on any atom is -0.506 e. The van der Waals surface area contributed by atoms with E-state index in [9.17, 15) is 19.5 Å². The number of esters is 1. The van der Waals surface area contributed by atoms with Crippen LogP contribution in [0.1, 0.15) is 37.8 Å². The van der Waals surface area contributed by atoms with Crippen molar-refractivity contribution in [3.63, 3.8) is 0 Å². The fourth-order valence-electron chi connectivity index (χ4n) is 3.88. The third-order valence-electron chi connectivity index (χ3n) is 5.51. The predicted molar refractivity (Wildman–Crippen MR) is 116 cm³/mol. The molecule has 1 aromatic rings. The summed E-state index contributed by atoms with van der Waals surface area (Å²) in [6.45, 7) is 4.33. The van der Waals surface area contributed by atoms with Crippen LogP contribution in [0.5, 0.6) is 5.75 Å². The molecule has 8 nitrogen and oxygen atoms in total. The molecule has 1 amide bonds. The number of hydrogen-bond acceptors (Lipinski definition) is 7. The number of aliphatic hydroxyl groups excluding tert-OH is 1. The van der Waals surface area contributed by atoms with Crippen LogP contribution in [-0.4, -0.2) is 56.2 Å². The number of halogens is 1. The van der Waals surface area contributed by atoms with Crippen molar-refractivity contribution in [1.29, 1.82) is 0 Å². The zero-order valence-electron chi connectivity index (χ0n) is 17.7. The molecule has 0 atom stereocenters. The summed E-state index contributed by atoms with van der Waals surface area (Å²) in [7, 11) is 1.49. The molecule has 168 valence electrons. The van der Waals surface area contributed by atoms with Gasteiger partial charge in [-0.2, -0.15) is 0 Å². The van der Waals surface area contributed by atoms with E-state index in [0.29, 0.717) is 47.4 Å². The number of amides is 1. The Bertz CT molecular complexity index is 932. The van der Waals surface area contributed by atoms with E-state index in [4.69, 9.17) is 14.2 Å². The van der Waals surface area contributed by atoms with Gasteiger partial charge in [0.05, 0.1) is 23.6 Å². The molecule has 0 unspecified atom stereocenters. The number of aliphatic hydroxyl groups is 1. The van der Waals surface area contributed by atoms with Crippen molar-refractivity contribution in [3.05, 3.63) is 33.3 Å². The van der Waals surface area contributed by atoms with Gasteiger partial charge in [0.2, 0.25) is 0 Å². The Morgan fingerprint density at radius 3 is 2.58 bits per heavy atom. The van der Waals surface area contributed by atoms with Gasteiger partial charge in [-0.25, -0.2) is 0 Å². The second kappa shape index (κ2) is 9.40. The van der Waals surface area contributed by atoms with E-state index in [-0.39, 0.29) is 18.1 Å². The highest BCUT2D eigenvalue weighted by Crippen LogP contribution is 2.48. The molecule has 31 heavy (non-hydrogen) atoms. The van der Waals surface area contributed by atoms with E-state index in [1.54, 1.807) is 12.1 Å². The van der Waals surface area contributed by atoms with Crippen LogP contribution in [0.4, 0.5) is 0 Å². The molecule has 1 saturated heterocycles. The summed E-state index contributed by atoms with van der Waals surface area (Å²) in [6.07, 6.45) is 0.746. The molecule has 1 fully saturated rings. The summed E-state index contributed by atoms with van der Waals surface area (Å²) < 4.78 is 16.5. The number of methoxy groups -OCH3 is 1. The molecule has 0 aromatic heterocycles. The Balaban J connectivity index is 1.97. The van der Waals surface area contributed by atoms with Gasteiger partial charge in [0, 0.05) is 18.8 Å². The van der Waals surface area contributed by atoms with Crippen LogP contribution in [0.2, 0.25) is 0 Å². The fourth-order valence-corrected chi connectivity index (χ4v) is 4.39. The zero-order chi connectivity index (χ0) is 22.8. The molecule has 0 saturated carbocycles. The van der Waals surface area contributed by atoms with E-state index in [0.717, 1.165) is 0 Å². The molecule has 1 spiro atoms. The molecule has 0 radical (unpaired) electrons. The first-order valence-corrected chi connectivity index (χ1v) is 10.9. The average Bonchev–Trinajstić information content (AvgIpc) is 2.75. The standard InChI is InChI=1S/C22H26BrNO7/c1-12(2)11-31-17(25)10-24-21(28)18-19(26)13-8-16(29-3)15(23)9-14(13)22(20(18)27)4-6-30-7-5-22/h8-9,12,26H,4-7,10-11H2,1-3H3,(H,24,28). The second-order valence-electron chi connectivity index (χ2n) is 8.04. The molecule has 9 heteroatoms. The molecular weight excluding hydrogens is 470 g/mol. The van der Waals surface area contributed by atoms with Gasteiger partial charge in [-0.1, -0.05) is 13.8 Å². The summed E-state index contributed by atoms with van der Waals surface area (Å²) in [4.78, 5) is 38.3. The van der Waals surface area contributed by atoms with Crippen molar-refractivity contribution in [1.82, 2.24) is 5.32 Å². The van der Waals surface area contributed by atoms with Gasteiger partial charge in [0.15, 0.2) is 5.78 Å². The van der Waals surface area contributed by atoms with Crippen molar-refractivity contribution < 1.29 is 33.7 Å². The molecule has 2 aliphatic rings. The number of carbonyl (C=O) groups is 3. The first-order chi connectivity index (χ1) is 14.7. The third-order valence-corrected chi connectivity index (χ3v) is 6.13. The van der Waals surface area contributed by atoms with Gasteiger partial charge in [0.1, 0.15) is 23.6 Å². The van der Waals surface area contributed by atoms with Crippen LogP contribution >= 0.6 is 15.9 Å². The van der Waals surface area contributed by atoms with Crippen LogP contribution in [0.15, 0.2) is 22.2 Å². The lowest BCUT2D eigenvalue weighted by molar-refractivity contribution is -0.145. The predicted octanol–water partition coefficient (Wildman–Crippen LogP) is 2.67. The highest BCUT2D eigenvalue weighted by atomic mass is 79.9. The molecule has 1 aromatic carbocycles. The number of hydrogen-bond donors (Lipinski definition) is 2. The van der Waals surface area contributed by atoms with E-state index in [1.807, 2.05) is 13.8 Å². The average molecular weight is 496 g/mol. The number of benzene rings is 1. The first kappa shape index (κ1) is 23.3. The molecule has 3 rings (SSSR count). The number of nitrogens with one attached hydrogen (secondary N) is 1. The zero-order valence-corrected chi connectivity index (χ0v) is 19.3. The van der Waals surface area contributed by atoms with E-state index < -0.39 is 35.4 Å². The summed E-state index contributed by atoms with van der Waals surface area (Å²) in [5.74, 6) is -1.73. The number of rotatable bonds is 6. The van der Waals surface area contributed by atoms with E-state index >= 15 is 0 Å². The maximum Gasteiger partial charge on any atom is 0.325 e. The van der Waals surface area contributed by atoms with Crippen molar-refractivity contribution >= 4 is 39.3 Å². The number of fused-ring (bicyclic) bond motifs is 2. The van der Waals surface area contributed by atoms with Crippen LogP contribution in [0.3, 0.4) is 0 Å². The lowest BCUT2D eigenvalue weighted by Crippen LogP contribution is -2.48. The Labute approximate surface area is 189 Å². The van der Waals surface area contributed by atoms with Gasteiger partial charge >= 0.3 is 5.97 Å². The molecule has 1 aliphatic carbocycles. The smallest absolute Gasteiger partial charge is 0.325 e. The number of carbonyl (C=O) groups excluding carboxylic acids is 3. The van der Waals surface area contributed by atoms with Crippen molar-refractivity contribution in [3.8, 4) is 5.75 Å². The number of ether oxygens (including phenoxy) is 3. The van der Waals surface area contributed by atoms with Gasteiger partial charge in [-0.3, -0.25) is 14.4 Å². The SMILES string of the molecule is COc1cc2c(cc1Br)C1(CCOCC1)C(=O)C(C(=O)NCC(=O)OCC(C)C)=C2O. The second-order valence-corrected chi connectivity index (χ2v) is 8.89. The van der Waals surface area contributed by atoms with Gasteiger partial charge in [0.25, 0.3) is 5.91 Å². The fraction of sp³-hybridized carbons (Fsp3) is 0.500. The maximum atomic E-state index is 13.5. The molecular formula is C22H26BrNO7. The molecule has 2 N–H and O–H groups in total. The largest absolute Gasteiger partial charge is 0.506 e. The highest BCUT2D eigenvalue weighted by Gasteiger charge is 2.50. The third kappa shape index (κ3) is 4.48. The Kier molecular flexibility index (Phi) is 7.06. The lowest BCUT2D eigenvalue weighted by atomic mass is 9.64. The summed E-state index contributed by atoms with van der Waals surface area (Å²) >= 11 is 3.44. The summed E-state index contributed by atoms with van der Waals surface area (Å²) in [6, 6.07) is 3.36. The van der Waals surface area contributed by atoms with Gasteiger partial charge in [-0.05, 0) is 52.4 Å². The van der Waals surface area contributed by atoms with Crippen LogP contribution in [-0.2, 0) is 29.3 Å². The number of Topliss-reactive ketones (excluding diaryl/α,β-unsaturated/α-hetero) is 1.